The van der Waals surface area contributed by atoms with Crippen molar-refractivity contribution in [2.75, 3.05) is 17.7 Å². The molecule has 2 aromatic rings. The van der Waals surface area contributed by atoms with Crippen LogP contribution < -0.4 is 15.4 Å². The van der Waals surface area contributed by atoms with E-state index >= 15 is 0 Å². The number of non-ortho nitro benzene ring substituents is 1. The number of hydrogen-bond acceptors (Lipinski definition) is 5. The smallest absolute Gasteiger partial charge is 0.323 e. The number of hydrogen-bond donors (Lipinski definition) is 3. The zero-order valence-corrected chi connectivity index (χ0v) is 12.5. The van der Waals surface area contributed by atoms with Crippen LogP contribution >= 0.6 is 12.6 Å². The van der Waals surface area contributed by atoms with Crippen molar-refractivity contribution < 1.29 is 14.5 Å². The molecule has 2 aromatic carbocycles. The van der Waals surface area contributed by atoms with E-state index in [1.54, 1.807) is 24.3 Å². The Kier molecular flexibility index (Phi) is 4.84. The number of methoxy groups -OCH3 is 1. The number of ether oxygens (including phenoxy) is 1. The van der Waals surface area contributed by atoms with Gasteiger partial charge >= 0.3 is 6.03 Å². The first-order valence-corrected chi connectivity index (χ1v) is 6.64. The summed E-state index contributed by atoms with van der Waals surface area (Å²) in [6.45, 7) is 0. The Balaban J connectivity index is 2.19. The molecule has 0 saturated carbocycles. The molecule has 0 spiro atoms. The third-order valence-electron chi connectivity index (χ3n) is 2.79. The summed E-state index contributed by atoms with van der Waals surface area (Å²) in [5.74, 6) is 0.319. The average Bonchev–Trinajstić information content (AvgIpc) is 2.49. The zero-order chi connectivity index (χ0) is 16.1. The minimum atomic E-state index is -0.555. The topological polar surface area (TPSA) is 93.5 Å². The number of nitrogens with zero attached hydrogens (tertiary/aromatic N) is 1. The first kappa shape index (κ1) is 15.6. The third-order valence-corrected chi connectivity index (χ3v) is 3.18. The lowest BCUT2D eigenvalue weighted by atomic mass is 10.2. The quantitative estimate of drug-likeness (QED) is 0.456. The molecule has 2 rings (SSSR count). The van der Waals surface area contributed by atoms with Crippen LogP contribution in [0, 0.1) is 10.1 Å². The van der Waals surface area contributed by atoms with Crippen LogP contribution in [0.3, 0.4) is 0 Å². The second-order valence-corrected chi connectivity index (χ2v) is 4.72. The molecule has 0 aliphatic carbocycles. The van der Waals surface area contributed by atoms with Crippen LogP contribution in [0.4, 0.5) is 21.9 Å². The lowest BCUT2D eigenvalue weighted by Gasteiger charge is -2.12. The zero-order valence-electron chi connectivity index (χ0n) is 11.6. The summed E-state index contributed by atoms with van der Waals surface area (Å²) in [4.78, 5) is 22.9. The molecule has 114 valence electrons. The maximum atomic E-state index is 12.0. The molecule has 0 saturated heterocycles. The summed E-state index contributed by atoms with van der Waals surface area (Å²) in [7, 11) is 1.41. The van der Waals surface area contributed by atoms with Crippen LogP contribution in [0.25, 0.3) is 0 Å². The van der Waals surface area contributed by atoms with Gasteiger partial charge in [-0.05, 0) is 18.2 Å². The van der Waals surface area contributed by atoms with Crippen molar-refractivity contribution in [3.63, 3.8) is 0 Å². The summed E-state index contributed by atoms with van der Waals surface area (Å²) in [5.41, 5.74) is 0.573. The largest absolute Gasteiger partial charge is 0.495 e. The lowest BCUT2D eigenvalue weighted by Crippen LogP contribution is -2.20. The standard InChI is InChI=1S/C14H13N3O4S/c1-21-12-7-6-9(17(19)20)8-11(12)16-14(18)15-10-4-2-3-5-13(10)22/h2-8,22H,1H3,(H2,15,16,18). The van der Waals surface area contributed by atoms with Gasteiger partial charge in [0.25, 0.3) is 5.69 Å². The van der Waals surface area contributed by atoms with E-state index in [4.69, 9.17) is 4.74 Å². The summed E-state index contributed by atoms with van der Waals surface area (Å²) in [5, 5.41) is 15.9. The molecule has 2 N–H and O–H groups in total. The fourth-order valence-electron chi connectivity index (χ4n) is 1.76. The molecule has 0 bridgehead atoms. The van der Waals surface area contributed by atoms with E-state index in [1.807, 2.05) is 0 Å². The number of thiol groups is 1. The van der Waals surface area contributed by atoms with Gasteiger partial charge < -0.3 is 15.4 Å². The highest BCUT2D eigenvalue weighted by atomic mass is 32.1. The number of nitro benzene ring substituents is 1. The van der Waals surface area contributed by atoms with E-state index in [9.17, 15) is 14.9 Å². The van der Waals surface area contributed by atoms with Crippen molar-refractivity contribution in [2.24, 2.45) is 0 Å². The van der Waals surface area contributed by atoms with Gasteiger partial charge in [0.2, 0.25) is 0 Å². The highest BCUT2D eigenvalue weighted by Crippen LogP contribution is 2.29. The molecule has 7 nitrogen and oxygen atoms in total. The van der Waals surface area contributed by atoms with Crippen molar-refractivity contribution in [3.05, 3.63) is 52.6 Å². The predicted octanol–water partition coefficient (Wildman–Crippen LogP) is 3.54. The van der Waals surface area contributed by atoms with Crippen LogP contribution in [0.15, 0.2) is 47.4 Å². The fraction of sp³-hybridized carbons (Fsp3) is 0.0714. The van der Waals surface area contributed by atoms with E-state index in [0.717, 1.165) is 0 Å². The number of urea groups is 1. The Morgan fingerprint density at radius 1 is 1.18 bits per heavy atom. The second kappa shape index (κ2) is 6.81. The van der Waals surface area contributed by atoms with Crippen LogP contribution in [0.2, 0.25) is 0 Å². The van der Waals surface area contributed by atoms with Gasteiger partial charge in [-0.25, -0.2) is 4.79 Å². The summed E-state index contributed by atoms with van der Waals surface area (Å²) >= 11 is 4.22. The molecule has 2 amide bonds. The molecule has 22 heavy (non-hydrogen) atoms. The number of para-hydroxylation sites is 1. The Hall–Kier alpha value is -2.74. The molecule has 0 aliphatic heterocycles. The van der Waals surface area contributed by atoms with Crippen molar-refractivity contribution in [3.8, 4) is 5.75 Å². The molecule has 8 heteroatoms. The van der Waals surface area contributed by atoms with Crippen LogP contribution in [0.1, 0.15) is 0 Å². The van der Waals surface area contributed by atoms with Crippen LogP contribution in [-0.2, 0) is 0 Å². The van der Waals surface area contributed by atoms with Gasteiger partial charge in [-0.2, -0.15) is 0 Å². The van der Waals surface area contributed by atoms with E-state index in [1.165, 1.54) is 25.3 Å². The Morgan fingerprint density at radius 2 is 1.86 bits per heavy atom. The van der Waals surface area contributed by atoms with Gasteiger partial charge in [-0.15, -0.1) is 12.6 Å². The van der Waals surface area contributed by atoms with Crippen molar-refractivity contribution in [2.45, 2.75) is 4.90 Å². The summed E-state index contributed by atoms with van der Waals surface area (Å²) in [6, 6.07) is 10.3. The number of nitrogens with one attached hydrogen (secondary N) is 2. The maximum absolute atomic E-state index is 12.0. The van der Waals surface area contributed by atoms with Crippen molar-refractivity contribution in [1.82, 2.24) is 0 Å². The van der Waals surface area contributed by atoms with Crippen LogP contribution in [-0.4, -0.2) is 18.1 Å². The normalized spacial score (nSPS) is 9.91. The minimum absolute atomic E-state index is 0.148. The monoisotopic (exact) mass is 319 g/mol. The van der Waals surface area contributed by atoms with E-state index in [-0.39, 0.29) is 11.4 Å². The highest BCUT2D eigenvalue weighted by Gasteiger charge is 2.14. The number of rotatable bonds is 4. The maximum Gasteiger partial charge on any atom is 0.323 e. The van der Waals surface area contributed by atoms with Crippen molar-refractivity contribution >= 4 is 35.7 Å². The fourth-order valence-corrected chi connectivity index (χ4v) is 1.98. The van der Waals surface area contributed by atoms with E-state index < -0.39 is 11.0 Å². The Morgan fingerprint density at radius 3 is 2.50 bits per heavy atom. The van der Waals surface area contributed by atoms with Gasteiger partial charge in [-0.3, -0.25) is 10.1 Å². The SMILES string of the molecule is COc1ccc([N+](=O)[O-])cc1NC(=O)Nc1ccccc1S. The lowest BCUT2D eigenvalue weighted by molar-refractivity contribution is -0.384. The number of carbonyl (C=O) groups is 1. The third kappa shape index (κ3) is 3.67. The Labute approximate surface area is 131 Å². The Bertz CT molecular complexity index is 721. The molecule has 0 heterocycles. The second-order valence-electron chi connectivity index (χ2n) is 4.24. The first-order valence-electron chi connectivity index (χ1n) is 6.19. The number of nitro groups is 1. The predicted molar refractivity (Wildman–Crippen MR) is 86.0 cm³/mol. The molecule has 0 fully saturated rings. The minimum Gasteiger partial charge on any atom is -0.495 e. The molecule has 0 aromatic heterocycles. The molecular weight excluding hydrogens is 306 g/mol. The van der Waals surface area contributed by atoms with Gasteiger partial charge in [0.05, 0.1) is 23.4 Å². The molecule has 0 atom stereocenters. The summed E-state index contributed by atoms with van der Waals surface area (Å²) in [6.07, 6.45) is 0. The van der Waals surface area contributed by atoms with Gasteiger partial charge in [0.1, 0.15) is 5.75 Å². The number of benzene rings is 2. The van der Waals surface area contributed by atoms with Crippen molar-refractivity contribution in [1.29, 1.82) is 0 Å². The van der Waals surface area contributed by atoms with E-state index in [0.29, 0.717) is 16.3 Å². The number of carbonyl (C=O) groups excluding carboxylic acids is 1. The molecule has 0 radical (unpaired) electrons. The first-order chi connectivity index (χ1) is 10.5. The van der Waals surface area contributed by atoms with Gasteiger partial charge in [-0.1, -0.05) is 12.1 Å². The number of anilines is 2. The average molecular weight is 319 g/mol. The van der Waals surface area contributed by atoms with Crippen LogP contribution in [0.5, 0.6) is 5.75 Å². The number of amides is 2. The van der Waals surface area contributed by atoms with Gasteiger partial charge in [0, 0.05) is 17.0 Å². The summed E-state index contributed by atoms with van der Waals surface area (Å²) < 4.78 is 5.07. The molecule has 0 unspecified atom stereocenters. The van der Waals surface area contributed by atoms with Gasteiger partial charge in [0.15, 0.2) is 0 Å². The highest BCUT2D eigenvalue weighted by molar-refractivity contribution is 7.80. The van der Waals surface area contributed by atoms with E-state index in [2.05, 4.69) is 23.3 Å². The molecule has 0 aliphatic rings. The molecular formula is C14H13N3O4S.